The molecule has 3 fully saturated rings. The molecule has 4 rings (SSSR count). The van der Waals surface area contributed by atoms with E-state index in [1.807, 2.05) is 30.3 Å². The molecule has 0 spiro atoms. The summed E-state index contributed by atoms with van der Waals surface area (Å²) >= 11 is 0. The van der Waals surface area contributed by atoms with Gasteiger partial charge in [-0.1, -0.05) is 30.3 Å². The lowest BCUT2D eigenvalue weighted by Gasteiger charge is -2.36. The number of benzene rings is 1. The summed E-state index contributed by atoms with van der Waals surface area (Å²) in [6.45, 7) is 2.23. The van der Waals surface area contributed by atoms with Crippen molar-refractivity contribution in [2.75, 3.05) is 19.6 Å². The van der Waals surface area contributed by atoms with Gasteiger partial charge in [-0.2, -0.15) is 13.2 Å². The van der Waals surface area contributed by atoms with Gasteiger partial charge in [0.2, 0.25) is 0 Å². The largest absolute Gasteiger partial charge is 0.471 e. The highest BCUT2D eigenvalue weighted by atomic mass is 19.4. The predicted octanol–water partition coefficient (Wildman–Crippen LogP) is 2.67. The molecule has 6 heteroatoms. The molecule has 2 bridgehead atoms. The lowest BCUT2D eigenvalue weighted by molar-refractivity contribution is -0.189. The van der Waals surface area contributed by atoms with E-state index in [1.165, 1.54) is 0 Å². The molecule has 0 saturated carbocycles. The predicted molar refractivity (Wildman–Crippen MR) is 76.0 cm³/mol. The average Bonchev–Trinajstić information content (AvgIpc) is 2.76. The highest BCUT2D eigenvalue weighted by molar-refractivity contribution is 5.82. The number of amides is 1. The molecule has 1 aromatic carbocycles. The van der Waals surface area contributed by atoms with Crippen LogP contribution in [0.25, 0.3) is 0 Å². The average molecular weight is 312 g/mol. The summed E-state index contributed by atoms with van der Waals surface area (Å²) in [5.41, 5.74) is 1.15. The Morgan fingerprint density at radius 1 is 1.09 bits per heavy atom. The Balaban J connectivity index is 1.72. The Labute approximate surface area is 127 Å². The molecule has 3 nitrogen and oxygen atoms in total. The minimum atomic E-state index is -4.77. The van der Waals surface area contributed by atoms with Crippen LogP contribution < -0.4 is 0 Å². The van der Waals surface area contributed by atoms with Gasteiger partial charge in [-0.3, -0.25) is 9.69 Å². The maximum Gasteiger partial charge on any atom is 0.471 e. The number of halogens is 3. The molecular formula is C16H19F3N2O. The van der Waals surface area contributed by atoms with E-state index < -0.39 is 12.1 Å². The first-order chi connectivity index (χ1) is 10.4. The van der Waals surface area contributed by atoms with Crippen LogP contribution in [0.3, 0.4) is 0 Å². The topological polar surface area (TPSA) is 23.6 Å². The van der Waals surface area contributed by atoms with Crippen molar-refractivity contribution in [3.63, 3.8) is 0 Å². The van der Waals surface area contributed by atoms with E-state index in [9.17, 15) is 18.0 Å². The Hall–Kier alpha value is -1.56. The van der Waals surface area contributed by atoms with Crippen LogP contribution in [0.4, 0.5) is 13.2 Å². The molecule has 1 amide bonds. The third-order valence-electron chi connectivity index (χ3n) is 4.54. The number of rotatable bonds is 2. The van der Waals surface area contributed by atoms with E-state index in [2.05, 4.69) is 4.90 Å². The molecule has 120 valence electrons. The van der Waals surface area contributed by atoms with Gasteiger partial charge in [-0.15, -0.1) is 0 Å². The summed E-state index contributed by atoms with van der Waals surface area (Å²) in [7, 11) is 0. The van der Waals surface area contributed by atoms with Crippen molar-refractivity contribution in [1.29, 1.82) is 0 Å². The summed E-state index contributed by atoms with van der Waals surface area (Å²) in [6.07, 6.45) is -3.20. The molecule has 22 heavy (non-hydrogen) atoms. The molecule has 3 aliphatic heterocycles. The van der Waals surface area contributed by atoms with Gasteiger partial charge in [-0.25, -0.2) is 0 Å². The van der Waals surface area contributed by atoms with Crippen LogP contribution in [-0.2, 0) is 11.3 Å². The van der Waals surface area contributed by atoms with Crippen LogP contribution in [0.1, 0.15) is 18.4 Å². The lowest BCUT2D eigenvalue weighted by Crippen LogP contribution is -2.52. The molecule has 1 aromatic rings. The summed E-state index contributed by atoms with van der Waals surface area (Å²) in [6, 6.07) is 9.58. The smallest absolute Gasteiger partial charge is 0.330 e. The molecule has 3 aliphatic rings. The molecule has 3 saturated heterocycles. The van der Waals surface area contributed by atoms with Gasteiger partial charge in [0.25, 0.3) is 0 Å². The van der Waals surface area contributed by atoms with Gasteiger partial charge in [-0.05, 0) is 24.3 Å². The number of carbonyl (C=O) groups is 1. The Morgan fingerprint density at radius 2 is 1.82 bits per heavy atom. The quantitative estimate of drug-likeness (QED) is 0.838. The molecule has 0 radical (unpaired) electrons. The number of alkyl halides is 3. The monoisotopic (exact) mass is 312 g/mol. The van der Waals surface area contributed by atoms with E-state index in [1.54, 1.807) is 0 Å². The molecule has 3 heterocycles. The normalized spacial score (nSPS) is 26.0. The second kappa shape index (κ2) is 5.91. The first-order valence-corrected chi connectivity index (χ1v) is 7.57. The van der Waals surface area contributed by atoms with E-state index >= 15 is 0 Å². The maximum absolute atomic E-state index is 12.7. The van der Waals surface area contributed by atoms with E-state index in [-0.39, 0.29) is 18.5 Å². The molecule has 0 aromatic heterocycles. The standard InChI is InChI=1S/C16H19F3N2O/c17-16(18,19)15(22)21-10-13-6-7-14(21)11-20(9-13)8-12-4-2-1-3-5-12/h1-5,13-14H,6-11H2. The summed E-state index contributed by atoms with van der Waals surface area (Å²) in [5, 5.41) is 0. The maximum atomic E-state index is 12.7. The third-order valence-corrected chi connectivity index (χ3v) is 4.54. The highest BCUT2D eigenvalue weighted by Crippen LogP contribution is 2.32. The van der Waals surface area contributed by atoms with Crippen LogP contribution in [0.2, 0.25) is 0 Å². The fourth-order valence-corrected chi connectivity index (χ4v) is 3.56. The number of fused-ring (bicyclic) bond motifs is 4. The summed E-state index contributed by atoms with van der Waals surface area (Å²) in [4.78, 5) is 14.8. The Kier molecular flexibility index (Phi) is 4.12. The first-order valence-electron chi connectivity index (χ1n) is 7.57. The van der Waals surface area contributed by atoms with Crippen LogP contribution in [0.5, 0.6) is 0 Å². The van der Waals surface area contributed by atoms with Crippen molar-refractivity contribution in [3.05, 3.63) is 35.9 Å². The second-order valence-electron chi connectivity index (χ2n) is 6.23. The van der Waals surface area contributed by atoms with Gasteiger partial charge in [0, 0.05) is 32.2 Å². The Morgan fingerprint density at radius 3 is 2.50 bits per heavy atom. The van der Waals surface area contributed by atoms with Gasteiger partial charge in [0.1, 0.15) is 0 Å². The van der Waals surface area contributed by atoms with Crippen LogP contribution in [0.15, 0.2) is 30.3 Å². The van der Waals surface area contributed by atoms with Crippen molar-refractivity contribution in [2.45, 2.75) is 31.6 Å². The number of hydrogen-bond acceptors (Lipinski definition) is 2. The fraction of sp³-hybridized carbons (Fsp3) is 0.562. The first kappa shape index (κ1) is 15.3. The van der Waals surface area contributed by atoms with Crippen LogP contribution in [-0.4, -0.2) is 47.6 Å². The SMILES string of the molecule is O=C(N1CC2CCC1CN(Cc1ccccc1)C2)C(F)(F)F. The zero-order valence-corrected chi connectivity index (χ0v) is 12.2. The van der Waals surface area contributed by atoms with E-state index in [4.69, 9.17) is 0 Å². The number of hydrogen-bond donors (Lipinski definition) is 0. The van der Waals surface area contributed by atoms with Crippen molar-refractivity contribution in [2.24, 2.45) is 5.92 Å². The zero-order valence-electron chi connectivity index (χ0n) is 12.2. The van der Waals surface area contributed by atoms with Gasteiger partial charge in [0.15, 0.2) is 0 Å². The molecule has 2 unspecified atom stereocenters. The van der Waals surface area contributed by atoms with E-state index in [0.717, 1.165) is 30.0 Å². The molecule has 0 aliphatic carbocycles. The number of piperidine rings is 1. The minimum Gasteiger partial charge on any atom is -0.330 e. The lowest BCUT2D eigenvalue weighted by atomic mass is 9.95. The van der Waals surface area contributed by atoms with Crippen molar-refractivity contribution in [3.8, 4) is 0 Å². The Bertz CT molecular complexity index is 532. The third kappa shape index (κ3) is 3.27. The summed E-state index contributed by atoms with van der Waals surface area (Å²) in [5.74, 6) is -1.54. The molecular weight excluding hydrogens is 293 g/mol. The minimum absolute atomic E-state index is 0.133. The number of nitrogens with zero attached hydrogens (tertiary/aromatic N) is 2. The summed E-state index contributed by atoms with van der Waals surface area (Å²) < 4.78 is 38.2. The fourth-order valence-electron chi connectivity index (χ4n) is 3.56. The van der Waals surface area contributed by atoms with E-state index in [0.29, 0.717) is 13.0 Å². The van der Waals surface area contributed by atoms with Crippen LogP contribution in [0, 0.1) is 5.92 Å². The van der Waals surface area contributed by atoms with Crippen molar-refractivity contribution in [1.82, 2.24) is 9.80 Å². The highest BCUT2D eigenvalue weighted by Gasteiger charge is 2.47. The number of carbonyl (C=O) groups excluding carboxylic acids is 1. The van der Waals surface area contributed by atoms with Gasteiger partial charge >= 0.3 is 12.1 Å². The van der Waals surface area contributed by atoms with Gasteiger partial charge in [0.05, 0.1) is 0 Å². The molecule has 2 atom stereocenters. The van der Waals surface area contributed by atoms with Crippen LogP contribution >= 0.6 is 0 Å². The second-order valence-corrected chi connectivity index (χ2v) is 6.23. The molecule has 0 N–H and O–H groups in total. The zero-order chi connectivity index (χ0) is 15.7. The van der Waals surface area contributed by atoms with Crippen molar-refractivity contribution >= 4 is 5.91 Å². The van der Waals surface area contributed by atoms with Gasteiger partial charge < -0.3 is 4.90 Å². The van der Waals surface area contributed by atoms with Crippen molar-refractivity contribution < 1.29 is 18.0 Å².